The molecule has 3 aromatic rings. The molecule has 0 spiro atoms. The van der Waals surface area contributed by atoms with Gasteiger partial charge in [-0.05, 0) is 62.7 Å². The van der Waals surface area contributed by atoms with Gasteiger partial charge in [-0.25, -0.2) is 9.78 Å². The number of hydrogen-bond acceptors (Lipinski definition) is 5. The number of carboxylic acid groups (broad SMARTS) is 1. The lowest BCUT2D eigenvalue weighted by Gasteiger charge is -2.22. The van der Waals surface area contributed by atoms with Crippen LogP contribution < -0.4 is 4.74 Å². The van der Waals surface area contributed by atoms with Crippen LogP contribution in [0.5, 0.6) is 5.75 Å². The molecule has 0 aliphatic rings. The number of ketones is 1. The molecule has 0 bridgehead atoms. The van der Waals surface area contributed by atoms with Crippen molar-refractivity contribution < 1.29 is 23.8 Å². The number of oxazole rings is 1. The fraction of sp³-hybridized carbons (Fsp3) is 0.346. The van der Waals surface area contributed by atoms with Crippen LogP contribution in [0.15, 0.2) is 40.8 Å². The molecular formula is C26H27Cl2NO5. The average Bonchev–Trinajstić information content (AvgIpc) is 3.16. The lowest BCUT2D eigenvalue weighted by Crippen LogP contribution is -2.37. The van der Waals surface area contributed by atoms with Crippen molar-refractivity contribution in [2.45, 2.75) is 59.0 Å². The van der Waals surface area contributed by atoms with Crippen LogP contribution in [0.4, 0.5) is 0 Å². The number of aliphatic carboxylic acids is 1. The Morgan fingerprint density at radius 1 is 1.15 bits per heavy atom. The topological polar surface area (TPSA) is 89.6 Å². The second-order valence-electron chi connectivity index (χ2n) is 8.93. The molecular weight excluding hydrogens is 477 g/mol. The van der Waals surface area contributed by atoms with Crippen molar-refractivity contribution in [1.82, 2.24) is 4.98 Å². The van der Waals surface area contributed by atoms with Gasteiger partial charge in [-0.3, -0.25) is 4.79 Å². The number of carbonyl (C=O) groups is 2. The van der Waals surface area contributed by atoms with E-state index in [1.165, 1.54) is 13.8 Å². The molecule has 6 nitrogen and oxygen atoms in total. The number of benzene rings is 2. The van der Waals surface area contributed by atoms with Crippen molar-refractivity contribution in [1.29, 1.82) is 0 Å². The first-order valence-electron chi connectivity index (χ1n) is 10.9. The number of aryl methyl sites for hydroxylation is 2. The van der Waals surface area contributed by atoms with E-state index in [1.807, 2.05) is 13.8 Å². The Morgan fingerprint density at radius 2 is 1.85 bits per heavy atom. The maximum absolute atomic E-state index is 13.0. The minimum atomic E-state index is -1.37. The van der Waals surface area contributed by atoms with Crippen molar-refractivity contribution in [3.8, 4) is 17.2 Å². The van der Waals surface area contributed by atoms with Crippen LogP contribution in [-0.2, 0) is 11.2 Å². The van der Waals surface area contributed by atoms with E-state index in [9.17, 15) is 14.7 Å². The minimum absolute atomic E-state index is 0.0506. The van der Waals surface area contributed by atoms with Crippen LogP contribution in [0.2, 0.25) is 10.0 Å². The van der Waals surface area contributed by atoms with Gasteiger partial charge in [-0.15, -0.1) is 0 Å². The van der Waals surface area contributed by atoms with E-state index in [0.717, 1.165) is 0 Å². The van der Waals surface area contributed by atoms with Crippen molar-refractivity contribution in [2.75, 3.05) is 0 Å². The molecule has 1 heterocycles. The van der Waals surface area contributed by atoms with E-state index in [-0.39, 0.29) is 18.1 Å². The third-order valence-electron chi connectivity index (χ3n) is 5.39. The van der Waals surface area contributed by atoms with E-state index in [4.69, 9.17) is 32.4 Å². The van der Waals surface area contributed by atoms with E-state index in [1.54, 1.807) is 43.3 Å². The van der Waals surface area contributed by atoms with Gasteiger partial charge in [0.15, 0.2) is 11.4 Å². The lowest BCUT2D eigenvalue weighted by molar-refractivity contribution is -0.152. The van der Waals surface area contributed by atoms with Crippen LogP contribution >= 0.6 is 23.2 Å². The smallest absolute Gasteiger partial charge is 0.347 e. The number of ether oxygens (including phenoxy) is 1. The summed E-state index contributed by atoms with van der Waals surface area (Å²) in [7, 11) is 0. The van der Waals surface area contributed by atoms with Crippen molar-refractivity contribution in [3.63, 3.8) is 0 Å². The first-order chi connectivity index (χ1) is 15.9. The SMILES string of the molecule is Cc1cc(OC(C)(C)C(=O)O)ccc1C(=O)CCc1nc(-c2ccc(Cl)cc2Cl)oc1C(C)C. The van der Waals surface area contributed by atoms with Gasteiger partial charge >= 0.3 is 5.97 Å². The largest absolute Gasteiger partial charge is 0.478 e. The molecule has 0 aliphatic carbocycles. The maximum Gasteiger partial charge on any atom is 0.347 e. The highest BCUT2D eigenvalue weighted by Gasteiger charge is 2.29. The Kier molecular flexibility index (Phi) is 7.74. The minimum Gasteiger partial charge on any atom is -0.478 e. The summed E-state index contributed by atoms with van der Waals surface area (Å²) in [6.07, 6.45) is 0.645. The molecule has 0 saturated carbocycles. The number of carboxylic acids is 1. The standard InChI is InChI=1S/C26H27Cl2NO5/c1-14(2)23-21(29-24(33-23)19-8-6-16(27)13-20(19)28)10-11-22(30)18-9-7-17(12-15(18)3)34-26(4,5)25(31)32/h6-9,12-14H,10-11H2,1-5H3,(H,31,32). The van der Waals surface area contributed by atoms with Crippen LogP contribution in [-0.4, -0.2) is 27.4 Å². The molecule has 0 atom stereocenters. The molecule has 34 heavy (non-hydrogen) atoms. The number of Topliss-reactive ketones (excluding diaryl/α,β-unsaturated/α-hetero) is 1. The predicted octanol–water partition coefficient (Wildman–Crippen LogP) is 7.14. The van der Waals surface area contributed by atoms with Gasteiger partial charge in [-0.2, -0.15) is 0 Å². The van der Waals surface area contributed by atoms with Crippen LogP contribution in [0.25, 0.3) is 11.5 Å². The van der Waals surface area contributed by atoms with Crippen molar-refractivity contribution >= 4 is 35.0 Å². The summed E-state index contributed by atoms with van der Waals surface area (Å²) in [5.74, 6) is 0.456. The molecule has 0 radical (unpaired) electrons. The van der Waals surface area contributed by atoms with Gasteiger partial charge in [-0.1, -0.05) is 37.0 Å². The average molecular weight is 504 g/mol. The highest BCUT2D eigenvalue weighted by Crippen LogP contribution is 2.33. The fourth-order valence-electron chi connectivity index (χ4n) is 3.49. The van der Waals surface area contributed by atoms with Gasteiger partial charge < -0.3 is 14.3 Å². The highest BCUT2D eigenvalue weighted by atomic mass is 35.5. The first kappa shape index (κ1) is 25.8. The molecule has 1 aromatic heterocycles. The van der Waals surface area contributed by atoms with Gasteiger partial charge in [0.1, 0.15) is 11.5 Å². The Morgan fingerprint density at radius 3 is 2.44 bits per heavy atom. The third kappa shape index (κ3) is 5.80. The van der Waals surface area contributed by atoms with Gasteiger partial charge in [0, 0.05) is 29.3 Å². The van der Waals surface area contributed by atoms with Gasteiger partial charge in [0.25, 0.3) is 0 Å². The summed E-state index contributed by atoms with van der Waals surface area (Å²) in [5, 5.41) is 10.2. The van der Waals surface area contributed by atoms with E-state index >= 15 is 0 Å². The number of aromatic nitrogens is 1. The Labute approximate surface area is 208 Å². The maximum atomic E-state index is 13.0. The zero-order valence-corrected chi connectivity index (χ0v) is 21.3. The molecule has 180 valence electrons. The molecule has 0 amide bonds. The summed E-state index contributed by atoms with van der Waals surface area (Å²) < 4.78 is 11.6. The van der Waals surface area contributed by atoms with E-state index in [2.05, 4.69) is 4.98 Å². The van der Waals surface area contributed by atoms with Crippen molar-refractivity contribution in [3.05, 3.63) is 69.0 Å². The van der Waals surface area contributed by atoms with Gasteiger partial charge in [0.2, 0.25) is 5.89 Å². The monoisotopic (exact) mass is 503 g/mol. The van der Waals surface area contributed by atoms with Crippen molar-refractivity contribution in [2.24, 2.45) is 0 Å². The Hall–Kier alpha value is -2.83. The summed E-state index contributed by atoms with van der Waals surface area (Å²) in [5.41, 5.74) is 1.24. The Bertz CT molecular complexity index is 1230. The van der Waals surface area contributed by atoms with Crippen LogP contribution in [0.1, 0.15) is 67.4 Å². The normalized spacial score (nSPS) is 11.6. The van der Waals surface area contributed by atoms with E-state index < -0.39 is 11.6 Å². The molecule has 0 fully saturated rings. The summed E-state index contributed by atoms with van der Waals surface area (Å²) in [6.45, 7) is 8.74. The fourth-order valence-corrected chi connectivity index (χ4v) is 3.98. The Balaban J connectivity index is 1.78. The molecule has 0 aliphatic heterocycles. The number of hydrogen-bond donors (Lipinski definition) is 1. The van der Waals surface area contributed by atoms with Crippen LogP contribution in [0.3, 0.4) is 0 Å². The second kappa shape index (κ2) is 10.2. The lowest BCUT2D eigenvalue weighted by atomic mass is 9.99. The molecule has 1 N–H and O–H groups in total. The second-order valence-corrected chi connectivity index (χ2v) is 9.77. The molecule has 8 heteroatoms. The van der Waals surface area contributed by atoms with Crippen LogP contribution in [0, 0.1) is 6.92 Å². The summed E-state index contributed by atoms with van der Waals surface area (Å²) in [6, 6.07) is 10.1. The zero-order chi connectivity index (χ0) is 25.2. The molecule has 3 rings (SSSR count). The molecule has 0 saturated heterocycles. The highest BCUT2D eigenvalue weighted by molar-refractivity contribution is 6.36. The third-order valence-corrected chi connectivity index (χ3v) is 5.94. The number of rotatable bonds is 9. The number of nitrogens with zero attached hydrogens (tertiary/aromatic N) is 1. The number of halogens is 2. The first-order valence-corrected chi connectivity index (χ1v) is 11.7. The predicted molar refractivity (Wildman–Crippen MR) is 132 cm³/mol. The quantitative estimate of drug-likeness (QED) is 0.312. The van der Waals surface area contributed by atoms with Gasteiger partial charge in [0.05, 0.1) is 16.3 Å². The molecule has 0 unspecified atom stereocenters. The summed E-state index contributed by atoms with van der Waals surface area (Å²) in [4.78, 5) is 28.9. The van der Waals surface area contributed by atoms with E-state index in [0.29, 0.717) is 56.3 Å². The molecule has 2 aromatic carbocycles. The zero-order valence-electron chi connectivity index (χ0n) is 19.7. The number of carbonyl (C=O) groups excluding carboxylic acids is 1. The summed E-state index contributed by atoms with van der Waals surface area (Å²) >= 11 is 12.3.